The van der Waals surface area contributed by atoms with Crippen LogP contribution in [0.5, 0.6) is 11.5 Å². The summed E-state index contributed by atoms with van der Waals surface area (Å²) in [5, 5.41) is 10.4. The van der Waals surface area contributed by atoms with E-state index in [4.69, 9.17) is 4.74 Å². The van der Waals surface area contributed by atoms with Gasteiger partial charge < -0.3 is 14.7 Å². The lowest BCUT2D eigenvalue weighted by Gasteiger charge is -2.25. The third-order valence-electron chi connectivity index (χ3n) is 4.07. The number of unbranched alkanes of at least 4 members (excludes halogenated alkanes) is 2. The lowest BCUT2D eigenvalue weighted by molar-refractivity contribution is 0.0734. The summed E-state index contributed by atoms with van der Waals surface area (Å²) in [6.45, 7) is 6.13. The summed E-state index contributed by atoms with van der Waals surface area (Å²) in [6.07, 6.45) is 4.37. The summed E-state index contributed by atoms with van der Waals surface area (Å²) in [7, 11) is 0. The minimum absolute atomic E-state index is 0.144. The van der Waals surface area contributed by atoms with Gasteiger partial charge in [-0.15, -0.1) is 0 Å². The molecule has 1 N–H and O–H groups in total. The molecule has 4 nitrogen and oxygen atoms in total. The third-order valence-corrected chi connectivity index (χ3v) is 4.07. The Morgan fingerprint density at radius 1 is 1.00 bits per heavy atom. The van der Waals surface area contributed by atoms with E-state index in [1.165, 1.54) is 6.07 Å². The SMILES string of the molecule is CCCCN(CCCC)c1ccc(OC(=O)c2ccccc2)cc1O. The topological polar surface area (TPSA) is 49.8 Å². The van der Waals surface area contributed by atoms with E-state index < -0.39 is 5.97 Å². The van der Waals surface area contributed by atoms with Crippen molar-refractivity contribution < 1.29 is 14.6 Å². The summed E-state index contributed by atoms with van der Waals surface area (Å²) >= 11 is 0. The second-order valence-corrected chi connectivity index (χ2v) is 6.10. The predicted molar refractivity (Wildman–Crippen MR) is 102 cm³/mol. The zero-order chi connectivity index (χ0) is 18.1. The molecule has 25 heavy (non-hydrogen) atoms. The smallest absolute Gasteiger partial charge is 0.343 e. The monoisotopic (exact) mass is 341 g/mol. The number of hydrogen-bond acceptors (Lipinski definition) is 4. The number of ether oxygens (including phenoxy) is 1. The normalized spacial score (nSPS) is 10.5. The molecule has 2 rings (SSSR count). The Hall–Kier alpha value is -2.49. The third kappa shape index (κ3) is 5.52. The summed E-state index contributed by atoms with van der Waals surface area (Å²) in [6, 6.07) is 13.9. The van der Waals surface area contributed by atoms with Crippen LogP contribution in [0.1, 0.15) is 49.9 Å². The van der Waals surface area contributed by atoms with Crippen molar-refractivity contribution in [2.24, 2.45) is 0 Å². The van der Waals surface area contributed by atoms with E-state index >= 15 is 0 Å². The summed E-state index contributed by atoms with van der Waals surface area (Å²) < 4.78 is 5.36. The molecule has 0 unspecified atom stereocenters. The van der Waals surface area contributed by atoms with Gasteiger partial charge in [0.15, 0.2) is 0 Å². The molecule has 0 spiro atoms. The first-order valence-electron chi connectivity index (χ1n) is 9.00. The van der Waals surface area contributed by atoms with Crippen LogP contribution in [0, 0.1) is 0 Å². The number of carbonyl (C=O) groups is 1. The predicted octanol–water partition coefficient (Wildman–Crippen LogP) is 5.02. The van der Waals surface area contributed by atoms with Crippen LogP contribution in [0.3, 0.4) is 0 Å². The van der Waals surface area contributed by atoms with E-state index in [0.29, 0.717) is 11.3 Å². The fourth-order valence-electron chi connectivity index (χ4n) is 2.62. The van der Waals surface area contributed by atoms with Gasteiger partial charge >= 0.3 is 5.97 Å². The maximum atomic E-state index is 12.1. The minimum Gasteiger partial charge on any atom is -0.506 e. The number of phenolic OH excluding ortho intramolecular Hbond substituents is 1. The van der Waals surface area contributed by atoms with Crippen LogP contribution in [0.2, 0.25) is 0 Å². The lowest BCUT2D eigenvalue weighted by Crippen LogP contribution is -2.25. The van der Waals surface area contributed by atoms with Gasteiger partial charge in [-0.25, -0.2) is 4.79 Å². The van der Waals surface area contributed by atoms with Gasteiger partial charge in [0.05, 0.1) is 11.3 Å². The first-order chi connectivity index (χ1) is 12.2. The fraction of sp³-hybridized carbons (Fsp3) is 0.381. The van der Waals surface area contributed by atoms with Crippen LogP contribution in [-0.4, -0.2) is 24.2 Å². The van der Waals surface area contributed by atoms with Gasteiger partial charge in [0.2, 0.25) is 0 Å². The molecule has 0 aliphatic carbocycles. The van der Waals surface area contributed by atoms with Crippen molar-refractivity contribution in [3.05, 3.63) is 54.1 Å². The molecule has 0 fully saturated rings. The molecule has 4 heteroatoms. The second kappa shape index (κ2) is 9.72. The Labute approximate surface area is 150 Å². The molecule has 0 aliphatic heterocycles. The molecular weight excluding hydrogens is 314 g/mol. The van der Waals surface area contributed by atoms with E-state index in [2.05, 4.69) is 18.7 Å². The molecule has 2 aromatic rings. The second-order valence-electron chi connectivity index (χ2n) is 6.10. The Kier molecular flexibility index (Phi) is 7.33. The van der Waals surface area contributed by atoms with Crippen LogP contribution in [0.4, 0.5) is 5.69 Å². The largest absolute Gasteiger partial charge is 0.506 e. The van der Waals surface area contributed by atoms with Crippen LogP contribution < -0.4 is 9.64 Å². The van der Waals surface area contributed by atoms with Gasteiger partial charge in [-0.3, -0.25) is 0 Å². The molecule has 134 valence electrons. The van der Waals surface area contributed by atoms with E-state index in [1.54, 1.807) is 30.3 Å². The van der Waals surface area contributed by atoms with Gasteiger partial charge in [0.1, 0.15) is 11.5 Å². The molecule has 0 aliphatic rings. The van der Waals surface area contributed by atoms with E-state index in [0.717, 1.165) is 44.5 Å². The molecule has 2 aromatic carbocycles. The van der Waals surface area contributed by atoms with Crippen molar-refractivity contribution in [1.82, 2.24) is 0 Å². The maximum absolute atomic E-state index is 12.1. The average Bonchev–Trinajstić information content (AvgIpc) is 2.63. The van der Waals surface area contributed by atoms with Crippen LogP contribution in [0.25, 0.3) is 0 Å². The van der Waals surface area contributed by atoms with E-state index in [1.807, 2.05) is 12.1 Å². The highest BCUT2D eigenvalue weighted by Gasteiger charge is 2.13. The molecule has 0 amide bonds. The molecule has 0 radical (unpaired) electrons. The maximum Gasteiger partial charge on any atom is 0.343 e. The fourth-order valence-corrected chi connectivity index (χ4v) is 2.62. The average molecular weight is 341 g/mol. The van der Waals surface area contributed by atoms with Gasteiger partial charge in [-0.1, -0.05) is 44.9 Å². The number of rotatable bonds is 9. The highest BCUT2D eigenvalue weighted by atomic mass is 16.5. The summed E-state index contributed by atoms with van der Waals surface area (Å²) in [5.74, 6) is 0.0631. The number of carbonyl (C=O) groups excluding carboxylic acids is 1. The standard InChI is InChI=1S/C21H27NO3/c1-3-5-14-22(15-6-4-2)19-13-12-18(16-20(19)23)25-21(24)17-10-8-7-9-11-17/h7-13,16,23H,3-6,14-15H2,1-2H3. The number of benzene rings is 2. The van der Waals surface area contributed by atoms with Gasteiger partial charge in [0.25, 0.3) is 0 Å². The Balaban J connectivity index is 2.11. The molecule has 0 aromatic heterocycles. The highest BCUT2D eigenvalue weighted by Crippen LogP contribution is 2.32. The molecule has 0 bridgehead atoms. The Morgan fingerprint density at radius 2 is 1.64 bits per heavy atom. The van der Waals surface area contributed by atoms with Crippen LogP contribution >= 0.6 is 0 Å². The summed E-state index contributed by atoms with van der Waals surface area (Å²) in [5.41, 5.74) is 1.28. The lowest BCUT2D eigenvalue weighted by atomic mass is 10.2. The molecule has 0 atom stereocenters. The quantitative estimate of drug-likeness (QED) is 0.514. The van der Waals surface area contributed by atoms with Crippen molar-refractivity contribution in [3.8, 4) is 11.5 Å². The van der Waals surface area contributed by atoms with Gasteiger partial charge in [0, 0.05) is 19.2 Å². The number of aromatic hydroxyl groups is 1. The number of hydrogen-bond donors (Lipinski definition) is 1. The van der Waals surface area contributed by atoms with Crippen molar-refractivity contribution in [3.63, 3.8) is 0 Å². The van der Waals surface area contributed by atoms with Gasteiger partial charge in [-0.05, 0) is 37.1 Å². The zero-order valence-electron chi connectivity index (χ0n) is 15.1. The molecule has 0 saturated heterocycles. The van der Waals surface area contributed by atoms with Crippen molar-refractivity contribution in [2.45, 2.75) is 39.5 Å². The highest BCUT2D eigenvalue weighted by molar-refractivity contribution is 5.91. The number of phenols is 1. The Morgan fingerprint density at radius 3 is 2.20 bits per heavy atom. The molecular formula is C21H27NO3. The first-order valence-corrected chi connectivity index (χ1v) is 9.00. The zero-order valence-corrected chi connectivity index (χ0v) is 15.1. The van der Waals surface area contributed by atoms with Gasteiger partial charge in [-0.2, -0.15) is 0 Å². The van der Waals surface area contributed by atoms with Crippen LogP contribution in [0.15, 0.2) is 48.5 Å². The number of esters is 1. The van der Waals surface area contributed by atoms with E-state index in [9.17, 15) is 9.90 Å². The van der Waals surface area contributed by atoms with Crippen LogP contribution in [-0.2, 0) is 0 Å². The number of anilines is 1. The summed E-state index contributed by atoms with van der Waals surface area (Å²) in [4.78, 5) is 14.3. The number of nitrogens with zero attached hydrogens (tertiary/aromatic N) is 1. The Bertz CT molecular complexity index is 662. The first kappa shape index (κ1) is 18.8. The van der Waals surface area contributed by atoms with Crippen molar-refractivity contribution >= 4 is 11.7 Å². The van der Waals surface area contributed by atoms with E-state index in [-0.39, 0.29) is 5.75 Å². The van der Waals surface area contributed by atoms with Crippen molar-refractivity contribution in [1.29, 1.82) is 0 Å². The minimum atomic E-state index is -0.429. The van der Waals surface area contributed by atoms with Crippen molar-refractivity contribution in [2.75, 3.05) is 18.0 Å². The molecule has 0 heterocycles. The molecule has 0 saturated carbocycles.